The zero-order chi connectivity index (χ0) is 20.6. The highest BCUT2D eigenvalue weighted by atomic mass is 32.1. The molecule has 1 N–H and O–H groups in total. The van der Waals surface area contributed by atoms with Crippen LogP contribution in [-0.4, -0.2) is 22.1 Å². The summed E-state index contributed by atoms with van der Waals surface area (Å²) < 4.78 is 18.0. The van der Waals surface area contributed by atoms with Gasteiger partial charge in [0.15, 0.2) is 5.01 Å². The zero-order valence-corrected chi connectivity index (χ0v) is 16.7. The molecule has 0 fully saturated rings. The van der Waals surface area contributed by atoms with Crippen molar-refractivity contribution in [3.63, 3.8) is 0 Å². The number of amides is 1. The van der Waals surface area contributed by atoms with Gasteiger partial charge in [0, 0.05) is 12.1 Å². The summed E-state index contributed by atoms with van der Waals surface area (Å²) in [5.41, 5.74) is 2.71. The maximum absolute atomic E-state index is 12.9. The van der Waals surface area contributed by atoms with E-state index < -0.39 is 5.97 Å². The lowest BCUT2D eigenvalue weighted by Gasteiger charge is -2.03. The normalized spacial score (nSPS) is 10.6. The number of anilines is 1. The van der Waals surface area contributed by atoms with E-state index in [9.17, 15) is 14.0 Å². The monoisotopic (exact) mass is 413 g/mol. The minimum atomic E-state index is -0.397. The highest BCUT2D eigenvalue weighted by Crippen LogP contribution is 2.15. The molecule has 0 spiro atoms. The average Bonchev–Trinajstić information content (AvgIpc) is 3.22. The van der Waals surface area contributed by atoms with Crippen molar-refractivity contribution >= 4 is 28.9 Å². The Morgan fingerprint density at radius 1 is 1.03 bits per heavy atom. The Kier molecular flexibility index (Phi) is 7.02. The molecule has 150 valence electrons. The van der Waals surface area contributed by atoms with Crippen LogP contribution in [0.4, 0.5) is 10.1 Å². The second kappa shape index (κ2) is 9.88. The SMILES string of the molecule is CCc1ccc(NC(=O)c2nnc(COC(=O)CCc3ccc(F)cc3)s2)cc1. The van der Waals surface area contributed by atoms with Gasteiger partial charge < -0.3 is 10.1 Å². The number of aryl methyl sites for hydroxylation is 2. The van der Waals surface area contributed by atoms with Crippen LogP contribution in [0.1, 0.15) is 39.3 Å². The molecule has 0 saturated heterocycles. The molecule has 8 heteroatoms. The smallest absolute Gasteiger partial charge is 0.306 e. The largest absolute Gasteiger partial charge is 0.458 e. The van der Waals surface area contributed by atoms with Gasteiger partial charge in [-0.3, -0.25) is 9.59 Å². The third kappa shape index (κ3) is 6.18. The van der Waals surface area contributed by atoms with Crippen LogP contribution in [0.2, 0.25) is 0 Å². The molecule has 0 bridgehead atoms. The van der Waals surface area contributed by atoms with Gasteiger partial charge in [-0.2, -0.15) is 0 Å². The minimum Gasteiger partial charge on any atom is -0.458 e. The number of carbonyl (C=O) groups excluding carboxylic acids is 2. The van der Waals surface area contributed by atoms with E-state index in [0.29, 0.717) is 17.1 Å². The summed E-state index contributed by atoms with van der Waals surface area (Å²) in [6.07, 6.45) is 1.56. The van der Waals surface area contributed by atoms with E-state index in [1.807, 2.05) is 24.3 Å². The molecule has 29 heavy (non-hydrogen) atoms. The summed E-state index contributed by atoms with van der Waals surface area (Å²) in [4.78, 5) is 24.1. The molecule has 0 aliphatic rings. The van der Waals surface area contributed by atoms with Gasteiger partial charge in [0.05, 0.1) is 0 Å². The van der Waals surface area contributed by atoms with Crippen LogP contribution < -0.4 is 5.32 Å². The lowest BCUT2D eigenvalue weighted by atomic mass is 10.1. The average molecular weight is 413 g/mol. The van der Waals surface area contributed by atoms with Crippen LogP contribution >= 0.6 is 11.3 Å². The molecule has 3 rings (SSSR count). The Morgan fingerprint density at radius 2 is 1.72 bits per heavy atom. The second-order valence-electron chi connectivity index (χ2n) is 6.29. The van der Waals surface area contributed by atoms with Crippen molar-refractivity contribution < 1.29 is 18.7 Å². The van der Waals surface area contributed by atoms with Gasteiger partial charge in [-0.25, -0.2) is 4.39 Å². The third-order valence-corrected chi connectivity index (χ3v) is 5.06. The highest BCUT2D eigenvalue weighted by molar-refractivity contribution is 7.13. The van der Waals surface area contributed by atoms with Gasteiger partial charge in [-0.15, -0.1) is 10.2 Å². The van der Waals surface area contributed by atoms with Gasteiger partial charge >= 0.3 is 5.97 Å². The van der Waals surface area contributed by atoms with Gasteiger partial charge in [-0.1, -0.05) is 42.5 Å². The number of hydrogen-bond donors (Lipinski definition) is 1. The summed E-state index contributed by atoms with van der Waals surface area (Å²) in [5.74, 6) is -1.07. The molecule has 1 aromatic heterocycles. The molecule has 2 aromatic carbocycles. The van der Waals surface area contributed by atoms with Gasteiger partial charge in [0.1, 0.15) is 12.4 Å². The van der Waals surface area contributed by atoms with E-state index >= 15 is 0 Å². The fourth-order valence-electron chi connectivity index (χ4n) is 2.52. The standard InChI is InChI=1S/C21H20FN3O3S/c1-2-14-5-10-17(11-6-14)23-20(27)21-25-24-18(29-21)13-28-19(26)12-7-15-3-8-16(22)9-4-15/h3-6,8-11H,2,7,12-13H2,1H3,(H,23,27). The number of carbonyl (C=O) groups is 2. The highest BCUT2D eigenvalue weighted by Gasteiger charge is 2.14. The van der Waals surface area contributed by atoms with Crippen LogP contribution in [0, 0.1) is 5.82 Å². The number of ether oxygens (including phenoxy) is 1. The number of nitrogens with one attached hydrogen (secondary N) is 1. The number of rotatable bonds is 8. The number of aromatic nitrogens is 2. The zero-order valence-electron chi connectivity index (χ0n) is 15.9. The predicted molar refractivity (Wildman–Crippen MR) is 108 cm³/mol. The van der Waals surface area contributed by atoms with E-state index in [4.69, 9.17) is 4.74 Å². The van der Waals surface area contributed by atoms with Crippen LogP contribution in [-0.2, 0) is 29.0 Å². The van der Waals surface area contributed by atoms with Crippen molar-refractivity contribution in [2.24, 2.45) is 0 Å². The lowest BCUT2D eigenvalue weighted by Crippen LogP contribution is -2.11. The molecule has 0 aliphatic heterocycles. The minimum absolute atomic E-state index is 0.0433. The van der Waals surface area contributed by atoms with Crippen molar-refractivity contribution in [2.75, 3.05) is 5.32 Å². The number of esters is 1. The van der Waals surface area contributed by atoms with Gasteiger partial charge in [-0.05, 0) is 48.2 Å². The van der Waals surface area contributed by atoms with Crippen molar-refractivity contribution in [3.05, 3.63) is 75.5 Å². The Balaban J connectivity index is 1.45. The first kappa shape index (κ1) is 20.6. The van der Waals surface area contributed by atoms with Crippen LogP contribution in [0.3, 0.4) is 0 Å². The third-order valence-electron chi connectivity index (χ3n) is 4.17. The van der Waals surface area contributed by atoms with E-state index in [1.54, 1.807) is 12.1 Å². The number of benzene rings is 2. The lowest BCUT2D eigenvalue weighted by molar-refractivity contribution is -0.144. The molecule has 0 saturated carbocycles. The van der Waals surface area contributed by atoms with Crippen molar-refractivity contribution in [3.8, 4) is 0 Å². The molecule has 0 unspecified atom stereocenters. The summed E-state index contributed by atoms with van der Waals surface area (Å²) in [5, 5.41) is 11.1. The Hall–Kier alpha value is -3.13. The molecule has 0 aliphatic carbocycles. The number of hydrogen-bond acceptors (Lipinski definition) is 6. The molecule has 0 radical (unpaired) electrons. The van der Waals surface area contributed by atoms with Crippen molar-refractivity contribution in [2.45, 2.75) is 32.8 Å². The fourth-order valence-corrected chi connectivity index (χ4v) is 3.17. The van der Waals surface area contributed by atoms with Crippen LogP contribution in [0.5, 0.6) is 0 Å². The maximum Gasteiger partial charge on any atom is 0.306 e. The van der Waals surface area contributed by atoms with Gasteiger partial charge in [0.2, 0.25) is 5.01 Å². The second-order valence-corrected chi connectivity index (χ2v) is 7.35. The first-order valence-electron chi connectivity index (χ1n) is 9.16. The van der Waals surface area contributed by atoms with Crippen LogP contribution in [0.25, 0.3) is 0 Å². The molecule has 1 heterocycles. The number of nitrogens with zero attached hydrogens (tertiary/aromatic N) is 2. The predicted octanol–water partition coefficient (Wildman–Crippen LogP) is 4.17. The molecule has 3 aromatic rings. The number of halogens is 1. The summed E-state index contributed by atoms with van der Waals surface area (Å²) in [6.45, 7) is 2.02. The van der Waals surface area contributed by atoms with E-state index in [-0.39, 0.29) is 29.8 Å². The Morgan fingerprint density at radius 3 is 2.41 bits per heavy atom. The van der Waals surface area contributed by atoms with Gasteiger partial charge in [0.25, 0.3) is 5.91 Å². The van der Waals surface area contributed by atoms with E-state index in [1.165, 1.54) is 17.7 Å². The topological polar surface area (TPSA) is 81.2 Å². The van der Waals surface area contributed by atoms with Crippen molar-refractivity contribution in [1.82, 2.24) is 10.2 Å². The van der Waals surface area contributed by atoms with Crippen LogP contribution in [0.15, 0.2) is 48.5 Å². The van der Waals surface area contributed by atoms with E-state index in [2.05, 4.69) is 22.4 Å². The van der Waals surface area contributed by atoms with E-state index in [0.717, 1.165) is 23.3 Å². The maximum atomic E-state index is 12.9. The quantitative estimate of drug-likeness (QED) is 0.561. The summed E-state index contributed by atoms with van der Waals surface area (Å²) in [7, 11) is 0. The Labute approximate surface area is 171 Å². The first-order valence-corrected chi connectivity index (χ1v) is 9.98. The Bertz CT molecular complexity index is 972. The molecule has 0 atom stereocenters. The molecule has 6 nitrogen and oxygen atoms in total. The molecular formula is C21H20FN3O3S. The van der Waals surface area contributed by atoms with Crippen molar-refractivity contribution in [1.29, 1.82) is 0 Å². The summed E-state index contributed by atoms with van der Waals surface area (Å²) in [6, 6.07) is 13.5. The molecule has 1 amide bonds. The fraction of sp³-hybridized carbons (Fsp3) is 0.238. The first-order chi connectivity index (χ1) is 14.0. The summed E-state index contributed by atoms with van der Waals surface area (Å²) >= 11 is 1.07. The molecular weight excluding hydrogens is 393 g/mol.